The monoisotopic (exact) mass is 792 g/mol. The molecule has 0 spiro atoms. The minimum Gasteiger partial charge on any atom is -0.485 e. The van der Waals surface area contributed by atoms with Crippen LogP contribution in [0.1, 0.15) is 95.3 Å². The Hall–Kier alpha value is -4.45. The number of aryl methyl sites for hydroxylation is 1. The normalized spacial score (nSPS) is 17.1. The second-order valence-electron chi connectivity index (χ2n) is 13.9. The first kappa shape index (κ1) is 48.7. The lowest BCUT2D eigenvalue weighted by atomic mass is 10.0. The van der Waals surface area contributed by atoms with E-state index >= 15 is 0 Å². The molecule has 11 heteroatoms. The first-order valence-electron chi connectivity index (χ1n) is 20.6. The van der Waals surface area contributed by atoms with Crippen molar-refractivity contribution in [2.24, 2.45) is 17.8 Å². The van der Waals surface area contributed by atoms with Crippen molar-refractivity contribution in [3.8, 4) is 11.5 Å². The fourth-order valence-corrected chi connectivity index (χ4v) is 5.79. The maximum atomic E-state index is 13.6. The van der Waals surface area contributed by atoms with E-state index in [1.54, 1.807) is 19.2 Å². The van der Waals surface area contributed by atoms with Crippen molar-refractivity contribution in [2.45, 2.75) is 100 Å². The highest BCUT2D eigenvalue weighted by Gasteiger charge is 2.45. The quantitative estimate of drug-likeness (QED) is 0.115. The molecule has 0 aromatic heterocycles. The number of carbonyl (C=O) groups excluding carboxylic acids is 3. The molecule has 1 saturated heterocycles. The largest absolute Gasteiger partial charge is 0.485 e. The van der Waals surface area contributed by atoms with E-state index in [1.807, 2.05) is 123 Å². The summed E-state index contributed by atoms with van der Waals surface area (Å²) in [6.07, 6.45) is 0.627. The molecule has 0 bridgehead atoms. The number of carbonyl (C=O) groups is 3. The van der Waals surface area contributed by atoms with Crippen LogP contribution in [0.2, 0.25) is 0 Å². The van der Waals surface area contributed by atoms with Gasteiger partial charge in [-0.25, -0.2) is 4.79 Å². The van der Waals surface area contributed by atoms with Gasteiger partial charge in [0.2, 0.25) is 5.91 Å². The van der Waals surface area contributed by atoms with Crippen LogP contribution >= 0.6 is 0 Å². The molecule has 1 aliphatic carbocycles. The summed E-state index contributed by atoms with van der Waals surface area (Å²) in [6.45, 7) is 20.2. The molecular weight excluding hydrogens is 725 g/mol. The number of nitrogens with one attached hydrogen (secondary N) is 2. The molecule has 3 aromatic rings. The summed E-state index contributed by atoms with van der Waals surface area (Å²) in [5.41, 5.74) is 2.37. The van der Waals surface area contributed by atoms with Gasteiger partial charge < -0.3 is 39.1 Å². The molecule has 57 heavy (non-hydrogen) atoms. The van der Waals surface area contributed by atoms with Crippen LogP contribution in [0.3, 0.4) is 0 Å². The van der Waals surface area contributed by atoms with Crippen LogP contribution in [0, 0.1) is 24.7 Å². The van der Waals surface area contributed by atoms with Gasteiger partial charge in [0.25, 0.3) is 0 Å². The number of ether oxygens (including phenoxy) is 6. The fourth-order valence-electron chi connectivity index (χ4n) is 5.79. The van der Waals surface area contributed by atoms with Crippen LogP contribution in [0.25, 0.3) is 0 Å². The topological polar surface area (TPSA) is 131 Å². The molecule has 316 valence electrons. The van der Waals surface area contributed by atoms with Crippen LogP contribution in [0.5, 0.6) is 11.5 Å². The van der Waals surface area contributed by atoms with Crippen molar-refractivity contribution in [3.63, 3.8) is 0 Å². The van der Waals surface area contributed by atoms with Crippen molar-refractivity contribution >= 4 is 17.8 Å². The van der Waals surface area contributed by atoms with Crippen LogP contribution < -0.4 is 20.1 Å². The molecule has 11 nitrogen and oxygen atoms in total. The van der Waals surface area contributed by atoms with E-state index in [9.17, 15) is 14.4 Å². The van der Waals surface area contributed by atoms with Gasteiger partial charge in [-0.2, -0.15) is 0 Å². The van der Waals surface area contributed by atoms with E-state index < -0.39 is 17.6 Å². The number of benzene rings is 3. The first-order chi connectivity index (χ1) is 27.6. The zero-order valence-electron chi connectivity index (χ0n) is 36.0. The van der Waals surface area contributed by atoms with Gasteiger partial charge in [-0.1, -0.05) is 102 Å². The van der Waals surface area contributed by atoms with E-state index in [-0.39, 0.29) is 49.4 Å². The van der Waals surface area contributed by atoms with Crippen molar-refractivity contribution < 1.29 is 42.8 Å². The SMILES string of the molecule is CC.CC.CC.COCC1CC1C(=O)OC(CNC(C)(C)CNC(=O)C1CCOC1)COC(=O)c1cc(OCc2ccccc2)c(OCc2ccccc2)cc1C. The highest BCUT2D eigenvalue weighted by molar-refractivity contribution is 5.92. The van der Waals surface area contributed by atoms with Gasteiger partial charge in [0.05, 0.1) is 24.0 Å². The van der Waals surface area contributed by atoms with Gasteiger partial charge in [0.1, 0.15) is 25.9 Å². The van der Waals surface area contributed by atoms with Gasteiger partial charge in [-0.3, -0.25) is 9.59 Å². The van der Waals surface area contributed by atoms with Crippen molar-refractivity contribution in [3.05, 3.63) is 95.1 Å². The number of hydrogen-bond donors (Lipinski definition) is 2. The van der Waals surface area contributed by atoms with Crippen molar-refractivity contribution in [1.82, 2.24) is 10.6 Å². The van der Waals surface area contributed by atoms with Crippen molar-refractivity contribution in [2.75, 3.05) is 46.6 Å². The molecule has 2 fully saturated rings. The molecular formula is C46H68N2O9. The standard InChI is InChI=1S/C40H50N2O9.3C2H6/c1-27-17-35(48-21-28-11-7-5-8-12-28)36(49-22-29-13-9-6-10-14-29)19-33(27)38(44)50-25-32(51-39(45)34-18-31(34)23-46-4)20-42-40(2,3)26-41-37(43)30-15-16-47-24-30;3*1-2/h5-14,17,19,30-32,34,42H,15-16,18,20-26H2,1-4H3,(H,41,43);3*1-2H3. The molecule has 1 heterocycles. The first-order valence-corrected chi connectivity index (χ1v) is 20.6. The maximum Gasteiger partial charge on any atom is 0.338 e. The summed E-state index contributed by atoms with van der Waals surface area (Å²) in [7, 11) is 1.61. The Morgan fingerprint density at radius 2 is 1.44 bits per heavy atom. The number of hydrogen-bond acceptors (Lipinski definition) is 10. The van der Waals surface area contributed by atoms with Crippen molar-refractivity contribution in [1.29, 1.82) is 0 Å². The molecule has 3 aromatic carbocycles. The lowest BCUT2D eigenvalue weighted by molar-refractivity contribution is -0.153. The number of esters is 2. The Labute approximate surface area is 341 Å². The number of rotatable bonds is 19. The zero-order chi connectivity index (χ0) is 42.2. The lowest BCUT2D eigenvalue weighted by Crippen LogP contribution is -2.53. The third kappa shape index (κ3) is 16.9. The smallest absolute Gasteiger partial charge is 0.338 e. The second kappa shape index (κ2) is 26.5. The Kier molecular flexibility index (Phi) is 22.6. The highest BCUT2D eigenvalue weighted by atomic mass is 16.6. The molecule has 5 rings (SSSR count). The maximum absolute atomic E-state index is 13.6. The molecule has 0 radical (unpaired) electrons. The van der Waals surface area contributed by atoms with E-state index in [4.69, 9.17) is 28.4 Å². The molecule has 1 aliphatic heterocycles. The Balaban J connectivity index is 0.00000178. The zero-order valence-corrected chi connectivity index (χ0v) is 36.0. The average molecular weight is 793 g/mol. The highest BCUT2D eigenvalue weighted by Crippen LogP contribution is 2.40. The predicted molar refractivity (Wildman–Crippen MR) is 224 cm³/mol. The predicted octanol–water partition coefficient (Wildman–Crippen LogP) is 8.10. The molecule has 2 aliphatic rings. The molecule has 2 N–H and O–H groups in total. The molecule has 4 unspecified atom stereocenters. The fraction of sp³-hybridized carbons (Fsp3) is 0.543. The Morgan fingerprint density at radius 3 is 1.98 bits per heavy atom. The second-order valence-corrected chi connectivity index (χ2v) is 13.9. The molecule has 1 amide bonds. The Bertz CT molecular complexity index is 1590. The summed E-state index contributed by atoms with van der Waals surface area (Å²) in [5.74, 6) is -0.349. The summed E-state index contributed by atoms with van der Waals surface area (Å²) in [6, 6.07) is 22.9. The van der Waals surface area contributed by atoms with Crippen LogP contribution in [-0.4, -0.2) is 76.1 Å². The van der Waals surface area contributed by atoms with E-state index in [0.29, 0.717) is 68.4 Å². The van der Waals surface area contributed by atoms with Gasteiger partial charge >= 0.3 is 11.9 Å². The van der Waals surface area contributed by atoms with E-state index in [1.165, 1.54) is 0 Å². The third-order valence-corrected chi connectivity index (χ3v) is 9.09. The summed E-state index contributed by atoms with van der Waals surface area (Å²) >= 11 is 0. The Morgan fingerprint density at radius 1 is 0.860 bits per heavy atom. The lowest BCUT2D eigenvalue weighted by Gasteiger charge is -2.29. The average Bonchev–Trinajstić information content (AvgIpc) is 3.80. The summed E-state index contributed by atoms with van der Waals surface area (Å²) in [4.78, 5) is 39.2. The van der Waals surface area contributed by atoms with E-state index in [2.05, 4.69) is 10.6 Å². The minimum atomic E-state index is -0.772. The molecule has 1 saturated carbocycles. The summed E-state index contributed by atoms with van der Waals surface area (Å²) in [5, 5.41) is 6.38. The number of methoxy groups -OCH3 is 1. The van der Waals surface area contributed by atoms with Crippen LogP contribution in [0.4, 0.5) is 0 Å². The van der Waals surface area contributed by atoms with Gasteiger partial charge in [-0.05, 0) is 68.4 Å². The van der Waals surface area contributed by atoms with Gasteiger partial charge in [0.15, 0.2) is 11.5 Å². The minimum absolute atomic E-state index is 0.0452. The van der Waals surface area contributed by atoms with Gasteiger partial charge in [0, 0.05) is 39.0 Å². The van der Waals surface area contributed by atoms with Crippen LogP contribution in [-0.2, 0) is 41.8 Å². The van der Waals surface area contributed by atoms with Crippen LogP contribution in [0.15, 0.2) is 72.8 Å². The number of amides is 1. The summed E-state index contributed by atoms with van der Waals surface area (Å²) < 4.78 is 34.6. The molecule has 4 atom stereocenters. The third-order valence-electron chi connectivity index (χ3n) is 9.09. The van der Waals surface area contributed by atoms with E-state index in [0.717, 1.165) is 11.1 Å². The van der Waals surface area contributed by atoms with Gasteiger partial charge in [-0.15, -0.1) is 0 Å².